The summed E-state index contributed by atoms with van der Waals surface area (Å²) >= 11 is 0. The maximum Gasteiger partial charge on any atom is 0.131 e. The van der Waals surface area contributed by atoms with Crippen molar-refractivity contribution in [1.29, 1.82) is 0 Å². The molecule has 2 aromatic rings. The topological polar surface area (TPSA) is 18.5 Å². The van der Waals surface area contributed by atoms with Crippen LogP contribution in [0.5, 0.6) is 11.5 Å². The van der Waals surface area contributed by atoms with Gasteiger partial charge in [-0.25, -0.2) is 0 Å². The highest BCUT2D eigenvalue weighted by Gasteiger charge is 2.26. The molecule has 1 aliphatic rings. The zero-order valence-electron chi connectivity index (χ0n) is 10.7. The van der Waals surface area contributed by atoms with Gasteiger partial charge in [0.25, 0.3) is 0 Å². The van der Waals surface area contributed by atoms with Crippen molar-refractivity contribution in [1.82, 2.24) is 0 Å². The van der Waals surface area contributed by atoms with Crippen LogP contribution in [0.4, 0.5) is 0 Å². The van der Waals surface area contributed by atoms with Gasteiger partial charge in [0.2, 0.25) is 0 Å². The van der Waals surface area contributed by atoms with E-state index in [0.717, 1.165) is 17.9 Å². The first-order valence-electron chi connectivity index (χ1n) is 6.48. The van der Waals surface area contributed by atoms with Crippen LogP contribution in [0.2, 0.25) is 0 Å². The van der Waals surface area contributed by atoms with Crippen LogP contribution in [0, 0.1) is 0 Å². The lowest BCUT2D eigenvalue weighted by Gasteiger charge is -2.28. The van der Waals surface area contributed by atoms with Gasteiger partial charge in [-0.3, -0.25) is 0 Å². The van der Waals surface area contributed by atoms with Crippen LogP contribution in [-0.4, -0.2) is 6.61 Å². The maximum atomic E-state index is 5.95. The molecule has 0 amide bonds. The summed E-state index contributed by atoms with van der Waals surface area (Å²) in [4.78, 5) is 0. The Hall–Kier alpha value is -2.22. The molecule has 3 rings (SSSR count). The van der Waals surface area contributed by atoms with E-state index in [2.05, 4.69) is 30.8 Å². The normalized spacial score (nSPS) is 13.1. The molecule has 2 nitrogen and oxygen atoms in total. The largest absolute Gasteiger partial charge is 0.502 e. The monoisotopic (exact) mass is 252 g/mol. The maximum absolute atomic E-state index is 5.95. The first kappa shape index (κ1) is 11.8. The van der Waals surface area contributed by atoms with Gasteiger partial charge in [0.05, 0.1) is 12.9 Å². The van der Waals surface area contributed by atoms with Crippen molar-refractivity contribution in [2.24, 2.45) is 0 Å². The number of fused-ring (bicyclic) bond motifs is 2. The van der Waals surface area contributed by atoms with Crippen molar-refractivity contribution in [2.45, 2.75) is 12.3 Å². The van der Waals surface area contributed by atoms with Crippen molar-refractivity contribution in [3.63, 3.8) is 0 Å². The van der Waals surface area contributed by atoms with E-state index >= 15 is 0 Å². The zero-order chi connectivity index (χ0) is 13.1. The molecule has 1 heterocycles. The van der Waals surface area contributed by atoms with Gasteiger partial charge in [0.1, 0.15) is 11.5 Å². The molecule has 0 saturated carbocycles. The van der Waals surface area contributed by atoms with E-state index in [0.29, 0.717) is 12.5 Å². The average molecular weight is 252 g/mol. The molecule has 0 bridgehead atoms. The molecule has 0 fully saturated rings. The molecular formula is C17H16O2. The summed E-state index contributed by atoms with van der Waals surface area (Å²) in [5.74, 6) is 2.22. The Labute approximate surface area is 113 Å². The summed E-state index contributed by atoms with van der Waals surface area (Å²) in [6.07, 6.45) is 2.42. The molecule has 0 atom stereocenters. The Balaban J connectivity index is 1.98. The van der Waals surface area contributed by atoms with Gasteiger partial charge in [-0.05, 0) is 18.6 Å². The van der Waals surface area contributed by atoms with Crippen molar-refractivity contribution in [3.05, 3.63) is 72.5 Å². The Morgan fingerprint density at radius 2 is 1.58 bits per heavy atom. The summed E-state index contributed by atoms with van der Waals surface area (Å²) < 4.78 is 11.2. The number of para-hydroxylation sites is 2. The van der Waals surface area contributed by atoms with Gasteiger partial charge in [0.15, 0.2) is 0 Å². The molecule has 19 heavy (non-hydrogen) atoms. The van der Waals surface area contributed by atoms with Crippen LogP contribution in [0.1, 0.15) is 23.5 Å². The number of benzene rings is 2. The Bertz CT molecular complexity index is 544. The third-order valence-electron chi connectivity index (χ3n) is 3.45. The molecule has 0 unspecified atom stereocenters. The highest BCUT2D eigenvalue weighted by Crippen LogP contribution is 2.45. The summed E-state index contributed by atoms with van der Waals surface area (Å²) in [6.45, 7) is 4.25. The van der Waals surface area contributed by atoms with E-state index in [-0.39, 0.29) is 0 Å². The van der Waals surface area contributed by atoms with Gasteiger partial charge >= 0.3 is 0 Å². The van der Waals surface area contributed by atoms with Gasteiger partial charge in [0, 0.05) is 17.0 Å². The van der Waals surface area contributed by atoms with E-state index in [9.17, 15) is 0 Å². The molecule has 0 saturated heterocycles. The Kier molecular flexibility index (Phi) is 3.23. The predicted molar refractivity (Wildman–Crippen MR) is 75.6 cm³/mol. The summed E-state index contributed by atoms with van der Waals surface area (Å²) in [6, 6.07) is 16.4. The second kappa shape index (κ2) is 5.19. The standard InChI is InChI=1S/C17H16O2/c1-2-18-12-11-13-14-7-3-5-9-16(14)19-17-10-6-4-8-15(13)17/h2-10,13H,1,11-12H2. The fourth-order valence-electron chi connectivity index (χ4n) is 2.59. The second-order valence-electron chi connectivity index (χ2n) is 4.56. The smallest absolute Gasteiger partial charge is 0.131 e. The molecule has 0 N–H and O–H groups in total. The summed E-state index contributed by atoms with van der Waals surface area (Å²) in [5.41, 5.74) is 2.46. The molecule has 96 valence electrons. The van der Waals surface area contributed by atoms with Crippen molar-refractivity contribution >= 4 is 0 Å². The highest BCUT2D eigenvalue weighted by atomic mass is 16.5. The molecule has 2 heteroatoms. The van der Waals surface area contributed by atoms with Crippen molar-refractivity contribution < 1.29 is 9.47 Å². The summed E-state index contributed by atoms with van der Waals surface area (Å²) in [7, 11) is 0. The van der Waals surface area contributed by atoms with Gasteiger partial charge < -0.3 is 9.47 Å². The number of rotatable bonds is 4. The van der Waals surface area contributed by atoms with Gasteiger partial charge in [-0.15, -0.1) is 0 Å². The third-order valence-corrected chi connectivity index (χ3v) is 3.45. The quantitative estimate of drug-likeness (QED) is 0.590. The fourth-order valence-corrected chi connectivity index (χ4v) is 2.59. The predicted octanol–water partition coefficient (Wildman–Crippen LogP) is 4.47. The SMILES string of the molecule is C=COCCC1c2ccccc2Oc2ccccc21. The Morgan fingerprint density at radius 3 is 2.16 bits per heavy atom. The van der Waals surface area contributed by atoms with Crippen LogP contribution in [0.25, 0.3) is 0 Å². The van der Waals surface area contributed by atoms with E-state index in [1.165, 1.54) is 17.4 Å². The third kappa shape index (κ3) is 2.22. The van der Waals surface area contributed by atoms with Crippen LogP contribution in [-0.2, 0) is 4.74 Å². The lowest BCUT2D eigenvalue weighted by molar-refractivity contribution is 0.238. The van der Waals surface area contributed by atoms with E-state index in [1.54, 1.807) is 0 Å². The van der Waals surface area contributed by atoms with Gasteiger partial charge in [-0.1, -0.05) is 43.0 Å². The highest BCUT2D eigenvalue weighted by molar-refractivity contribution is 5.53. The summed E-state index contributed by atoms with van der Waals surface area (Å²) in [5, 5.41) is 0. The molecule has 0 spiro atoms. The first-order chi connectivity index (χ1) is 9.40. The van der Waals surface area contributed by atoms with Crippen LogP contribution in [0.15, 0.2) is 61.4 Å². The fraction of sp³-hybridized carbons (Fsp3) is 0.176. The van der Waals surface area contributed by atoms with Crippen LogP contribution in [0.3, 0.4) is 0 Å². The van der Waals surface area contributed by atoms with E-state index in [1.807, 2.05) is 24.3 Å². The van der Waals surface area contributed by atoms with Gasteiger partial charge in [-0.2, -0.15) is 0 Å². The minimum atomic E-state index is 0.320. The molecule has 2 aromatic carbocycles. The minimum Gasteiger partial charge on any atom is -0.502 e. The number of ether oxygens (including phenoxy) is 2. The van der Waals surface area contributed by atoms with Crippen LogP contribution < -0.4 is 4.74 Å². The molecule has 0 aliphatic carbocycles. The van der Waals surface area contributed by atoms with Crippen molar-refractivity contribution in [2.75, 3.05) is 6.61 Å². The lowest BCUT2D eigenvalue weighted by Crippen LogP contribution is -2.11. The second-order valence-corrected chi connectivity index (χ2v) is 4.56. The number of hydrogen-bond acceptors (Lipinski definition) is 2. The van der Waals surface area contributed by atoms with E-state index in [4.69, 9.17) is 9.47 Å². The molecule has 0 radical (unpaired) electrons. The van der Waals surface area contributed by atoms with Crippen LogP contribution >= 0.6 is 0 Å². The zero-order valence-corrected chi connectivity index (χ0v) is 10.7. The molecular weight excluding hydrogens is 236 g/mol. The molecule has 1 aliphatic heterocycles. The van der Waals surface area contributed by atoms with E-state index < -0.39 is 0 Å². The molecule has 0 aromatic heterocycles. The minimum absolute atomic E-state index is 0.320. The first-order valence-corrected chi connectivity index (χ1v) is 6.48. The lowest BCUT2D eigenvalue weighted by atomic mass is 9.86. The van der Waals surface area contributed by atoms with Crippen molar-refractivity contribution in [3.8, 4) is 11.5 Å². The number of hydrogen-bond donors (Lipinski definition) is 0. The average Bonchev–Trinajstić information content (AvgIpc) is 2.46. The Morgan fingerprint density at radius 1 is 1.00 bits per heavy atom.